The van der Waals surface area contributed by atoms with Crippen LogP contribution in [0.1, 0.15) is 12.5 Å². The fourth-order valence-corrected chi connectivity index (χ4v) is 2.75. The highest BCUT2D eigenvalue weighted by molar-refractivity contribution is 5.63. The normalized spacial score (nSPS) is 10.4. The van der Waals surface area contributed by atoms with E-state index in [-0.39, 0.29) is 0 Å². The molecular weight excluding hydrogens is 338 g/mol. The van der Waals surface area contributed by atoms with Gasteiger partial charge in [0.05, 0.1) is 6.61 Å². The molecule has 140 valence electrons. The largest absolute Gasteiger partial charge is 0.490 e. The zero-order valence-corrected chi connectivity index (χ0v) is 15.6. The lowest BCUT2D eigenvalue weighted by Gasteiger charge is -2.13. The van der Waals surface area contributed by atoms with E-state index in [1.807, 2.05) is 55.5 Å². The molecule has 0 atom stereocenters. The number of hydrogen-bond acceptors (Lipinski definition) is 4. The second-order valence-electron chi connectivity index (χ2n) is 6.01. The molecule has 0 saturated heterocycles. The second-order valence-corrected chi connectivity index (χ2v) is 6.01. The van der Waals surface area contributed by atoms with E-state index in [1.165, 1.54) is 11.1 Å². The first-order valence-electron chi connectivity index (χ1n) is 9.17. The van der Waals surface area contributed by atoms with Gasteiger partial charge in [0.1, 0.15) is 19.0 Å². The number of nitrogens with two attached hydrogens (primary N) is 1. The smallest absolute Gasteiger partial charge is 0.161 e. The Morgan fingerprint density at radius 2 is 1.41 bits per heavy atom. The van der Waals surface area contributed by atoms with E-state index >= 15 is 0 Å². The molecule has 3 aromatic carbocycles. The van der Waals surface area contributed by atoms with Crippen molar-refractivity contribution in [2.24, 2.45) is 5.73 Å². The Balaban J connectivity index is 1.52. The molecule has 0 aliphatic carbocycles. The molecule has 0 amide bonds. The Hall–Kier alpha value is -2.98. The van der Waals surface area contributed by atoms with E-state index in [0.29, 0.717) is 37.9 Å². The average Bonchev–Trinajstić information content (AvgIpc) is 2.73. The van der Waals surface area contributed by atoms with Crippen molar-refractivity contribution in [1.82, 2.24) is 0 Å². The lowest BCUT2D eigenvalue weighted by molar-refractivity contribution is 0.208. The summed E-state index contributed by atoms with van der Waals surface area (Å²) in [5, 5.41) is 0. The Kier molecular flexibility index (Phi) is 6.72. The number of rotatable bonds is 9. The fourth-order valence-electron chi connectivity index (χ4n) is 2.75. The Morgan fingerprint density at radius 1 is 0.704 bits per heavy atom. The van der Waals surface area contributed by atoms with Crippen LogP contribution < -0.4 is 19.9 Å². The van der Waals surface area contributed by atoms with Crippen molar-refractivity contribution in [1.29, 1.82) is 0 Å². The molecule has 0 bridgehead atoms. The molecule has 4 nitrogen and oxygen atoms in total. The molecule has 27 heavy (non-hydrogen) atoms. The van der Waals surface area contributed by atoms with Gasteiger partial charge in [-0.25, -0.2) is 0 Å². The summed E-state index contributed by atoms with van der Waals surface area (Å²) < 4.78 is 17.2. The zero-order chi connectivity index (χ0) is 18.9. The van der Waals surface area contributed by atoms with Crippen molar-refractivity contribution in [2.75, 3.05) is 19.8 Å². The zero-order valence-electron chi connectivity index (χ0n) is 15.6. The predicted octanol–water partition coefficient (Wildman–Crippen LogP) is 4.67. The molecule has 4 heteroatoms. The highest BCUT2D eigenvalue weighted by atomic mass is 16.5. The topological polar surface area (TPSA) is 53.7 Å². The van der Waals surface area contributed by atoms with Crippen LogP contribution in [0.2, 0.25) is 0 Å². The average molecular weight is 363 g/mol. The van der Waals surface area contributed by atoms with Gasteiger partial charge in [-0.15, -0.1) is 0 Å². The van der Waals surface area contributed by atoms with E-state index in [2.05, 4.69) is 24.3 Å². The quantitative estimate of drug-likeness (QED) is 0.561. The van der Waals surface area contributed by atoms with Crippen LogP contribution in [-0.2, 0) is 6.54 Å². The maximum atomic E-state index is 5.81. The molecular formula is C23H25NO3. The maximum absolute atomic E-state index is 5.81. The summed E-state index contributed by atoms with van der Waals surface area (Å²) in [6, 6.07) is 24.1. The minimum Gasteiger partial charge on any atom is -0.490 e. The van der Waals surface area contributed by atoms with Crippen molar-refractivity contribution in [3.63, 3.8) is 0 Å². The van der Waals surface area contributed by atoms with Gasteiger partial charge in [0.2, 0.25) is 0 Å². The molecule has 2 N–H and O–H groups in total. The van der Waals surface area contributed by atoms with Gasteiger partial charge < -0.3 is 19.9 Å². The predicted molar refractivity (Wildman–Crippen MR) is 108 cm³/mol. The van der Waals surface area contributed by atoms with Crippen molar-refractivity contribution >= 4 is 0 Å². The second kappa shape index (κ2) is 9.64. The molecule has 0 saturated carbocycles. The third-order valence-corrected chi connectivity index (χ3v) is 4.11. The summed E-state index contributed by atoms with van der Waals surface area (Å²) >= 11 is 0. The summed E-state index contributed by atoms with van der Waals surface area (Å²) in [4.78, 5) is 0. The standard InChI is InChI=1S/C23H25NO3/c1-2-25-23-16-18(17-24)8-13-22(23)27-15-14-26-21-11-9-20(10-12-21)19-6-4-3-5-7-19/h3-13,16H,2,14-15,17,24H2,1H3. The van der Waals surface area contributed by atoms with Gasteiger partial charge in [-0.05, 0) is 47.9 Å². The molecule has 0 aliphatic rings. The summed E-state index contributed by atoms with van der Waals surface area (Å²) in [6.07, 6.45) is 0. The van der Waals surface area contributed by atoms with Crippen molar-refractivity contribution < 1.29 is 14.2 Å². The van der Waals surface area contributed by atoms with Gasteiger partial charge in [0.25, 0.3) is 0 Å². The monoisotopic (exact) mass is 363 g/mol. The van der Waals surface area contributed by atoms with Crippen LogP contribution in [-0.4, -0.2) is 19.8 Å². The van der Waals surface area contributed by atoms with Gasteiger partial charge in [-0.3, -0.25) is 0 Å². The molecule has 3 aromatic rings. The molecule has 0 aromatic heterocycles. The van der Waals surface area contributed by atoms with Crippen molar-refractivity contribution in [3.05, 3.63) is 78.4 Å². The molecule has 0 radical (unpaired) electrons. The fraction of sp³-hybridized carbons (Fsp3) is 0.217. The highest BCUT2D eigenvalue weighted by Crippen LogP contribution is 2.28. The van der Waals surface area contributed by atoms with Gasteiger partial charge >= 0.3 is 0 Å². The van der Waals surface area contributed by atoms with Gasteiger partial charge in [0, 0.05) is 6.54 Å². The maximum Gasteiger partial charge on any atom is 0.161 e. The highest BCUT2D eigenvalue weighted by Gasteiger charge is 2.06. The molecule has 0 spiro atoms. The van der Waals surface area contributed by atoms with Crippen LogP contribution >= 0.6 is 0 Å². The summed E-state index contributed by atoms with van der Waals surface area (Å²) in [6.45, 7) is 3.88. The molecule has 0 heterocycles. The summed E-state index contributed by atoms with van der Waals surface area (Å²) in [5.74, 6) is 2.24. The van der Waals surface area contributed by atoms with Crippen LogP contribution in [0.15, 0.2) is 72.8 Å². The van der Waals surface area contributed by atoms with Crippen LogP contribution in [0, 0.1) is 0 Å². The number of hydrogen-bond donors (Lipinski definition) is 1. The first-order chi connectivity index (χ1) is 13.3. The first kappa shape index (κ1) is 18.8. The Labute approximate surface area is 160 Å². The van der Waals surface area contributed by atoms with Crippen LogP contribution in [0.3, 0.4) is 0 Å². The van der Waals surface area contributed by atoms with E-state index in [1.54, 1.807) is 0 Å². The summed E-state index contributed by atoms with van der Waals surface area (Å²) in [7, 11) is 0. The van der Waals surface area contributed by atoms with Crippen molar-refractivity contribution in [3.8, 4) is 28.4 Å². The van der Waals surface area contributed by atoms with Gasteiger partial charge in [0.15, 0.2) is 11.5 Å². The lowest BCUT2D eigenvalue weighted by atomic mass is 10.1. The summed E-state index contributed by atoms with van der Waals surface area (Å²) in [5.41, 5.74) is 9.06. The van der Waals surface area contributed by atoms with Gasteiger partial charge in [-0.1, -0.05) is 48.5 Å². The van der Waals surface area contributed by atoms with Gasteiger partial charge in [-0.2, -0.15) is 0 Å². The molecule has 0 aliphatic heterocycles. The third kappa shape index (κ3) is 5.25. The number of benzene rings is 3. The van der Waals surface area contributed by atoms with Crippen LogP contribution in [0.4, 0.5) is 0 Å². The van der Waals surface area contributed by atoms with Crippen molar-refractivity contribution in [2.45, 2.75) is 13.5 Å². The SMILES string of the molecule is CCOc1cc(CN)ccc1OCCOc1ccc(-c2ccccc2)cc1. The first-order valence-corrected chi connectivity index (χ1v) is 9.17. The Bertz CT molecular complexity index is 832. The molecule has 0 fully saturated rings. The minimum atomic E-state index is 0.433. The van der Waals surface area contributed by atoms with E-state index < -0.39 is 0 Å². The van der Waals surface area contributed by atoms with E-state index in [0.717, 1.165) is 11.3 Å². The van der Waals surface area contributed by atoms with Crippen LogP contribution in [0.25, 0.3) is 11.1 Å². The molecule has 3 rings (SSSR count). The number of ether oxygens (including phenoxy) is 3. The third-order valence-electron chi connectivity index (χ3n) is 4.11. The molecule has 0 unspecified atom stereocenters. The lowest BCUT2D eigenvalue weighted by Crippen LogP contribution is -2.10. The minimum absolute atomic E-state index is 0.433. The Morgan fingerprint density at radius 3 is 2.11 bits per heavy atom. The van der Waals surface area contributed by atoms with E-state index in [4.69, 9.17) is 19.9 Å². The van der Waals surface area contributed by atoms with E-state index in [9.17, 15) is 0 Å². The van der Waals surface area contributed by atoms with Crippen LogP contribution in [0.5, 0.6) is 17.2 Å².